The number of fused-ring (bicyclic) bond motifs is 2. The highest BCUT2D eigenvalue weighted by atomic mass is 16.5. The Hall–Kier alpha value is -2.30. The number of carbonyl (C=O) groups is 1. The summed E-state index contributed by atoms with van der Waals surface area (Å²) in [7, 11) is 0. The largest absolute Gasteiger partial charge is 0.354 e. The van der Waals surface area contributed by atoms with E-state index in [0.29, 0.717) is 23.0 Å². The lowest BCUT2D eigenvalue weighted by atomic mass is 9.65. The third-order valence-corrected chi connectivity index (χ3v) is 5.48. The van der Waals surface area contributed by atoms with Crippen LogP contribution in [-0.2, 0) is 0 Å². The van der Waals surface area contributed by atoms with E-state index < -0.39 is 0 Å². The van der Waals surface area contributed by atoms with Crippen LogP contribution in [0.4, 0.5) is 10.6 Å². The van der Waals surface area contributed by atoms with Crippen LogP contribution in [0.3, 0.4) is 0 Å². The van der Waals surface area contributed by atoms with Crippen LogP contribution >= 0.6 is 0 Å². The van der Waals surface area contributed by atoms with E-state index in [1.165, 1.54) is 6.42 Å². The number of anilines is 1. The minimum Gasteiger partial charge on any atom is -0.354 e. The molecule has 1 aromatic heterocycles. The molecule has 2 bridgehead atoms. The Morgan fingerprint density at radius 1 is 1.24 bits per heavy atom. The fourth-order valence-corrected chi connectivity index (χ4v) is 4.95. The summed E-state index contributed by atoms with van der Waals surface area (Å²) in [5, 5.41) is 6.92. The third-order valence-electron chi connectivity index (χ3n) is 5.48. The van der Waals surface area contributed by atoms with Crippen molar-refractivity contribution in [2.24, 2.45) is 10.8 Å². The minimum atomic E-state index is -0.0701. The first kappa shape index (κ1) is 16.2. The van der Waals surface area contributed by atoms with Crippen LogP contribution in [0.1, 0.15) is 40.0 Å². The molecule has 25 heavy (non-hydrogen) atoms. The molecule has 2 aliphatic rings. The average Bonchev–Trinajstić information content (AvgIpc) is 3.09. The molecule has 132 valence electrons. The molecule has 2 aromatic rings. The highest BCUT2D eigenvalue weighted by Gasteiger charge is 2.51. The third kappa shape index (κ3) is 3.15. The Bertz CT molecular complexity index is 783. The summed E-state index contributed by atoms with van der Waals surface area (Å²) in [6.07, 6.45) is 3.32. The lowest BCUT2D eigenvalue weighted by Gasteiger charge is -2.39. The van der Waals surface area contributed by atoms with Crippen LogP contribution in [0, 0.1) is 10.8 Å². The standard InChI is InChI=1S/C20H25N3O2/c1-19(2)10-15-11-20(3,12-19)13-23(15)18(24)21-17-9-16(25-22-17)14-7-5-4-6-8-14/h4-9,15H,10-13H2,1-3H3,(H,21,22,24). The second kappa shape index (κ2) is 5.61. The van der Waals surface area contributed by atoms with Gasteiger partial charge in [-0.1, -0.05) is 56.3 Å². The summed E-state index contributed by atoms with van der Waals surface area (Å²) in [4.78, 5) is 14.8. The number of nitrogens with one attached hydrogen (secondary N) is 1. The summed E-state index contributed by atoms with van der Waals surface area (Å²) >= 11 is 0. The van der Waals surface area contributed by atoms with Crippen LogP contribution in [0.5, 0.6) is 0 Å². The van der Waals surface area contributed by atoms with E-state index in [-0.39, 0.29) is 11.4 Å². The van der Waals surface area contributed by atoms with Crippen molar-refractivity contribution in [3.8, 4) is 11.3 Å². The summed E-state index contributed by atoms with van der Waals surface area (Å²) in [5.41, 5.74) is 1.46. The van der Waals surface area contributed by atoms with E-state index in [4.69, 9.17) is 4.52 Å². The minimum absolute atomic E-state index is 0.0701. The molecule has 5 heteroatoms. The molecular formula is C20H25N3O2. The zero-order chi connectivity index (χ0) is 17.7. The molecule has 1 N–H and O–H groups in total. The summed E-state index contributed by atoms with van der Waals surface area (Å²) in [5.74, 6) is 1.12. The molecule has 1 aliphatic heterocycles. The normalized spacial score (nSPS) is 27.3. The van der Waals surface area contributed by atoms with Crippen molar-refractivity contribution in [1.29, 1.82) is 0 Å². The van der Waals surface area contributed by atoms with Crippen LogP contribution in [-0.4, -0.2) is 28.7 Å². The van der Waals surface area contributed by atoms with Gasteiger partial charge in [0, 0.05) is 24.2 Å². The Kier molecular flexibility index (Phi) is 3.63. The van der Waals surface area contributed by atoms with Gasteiger partial charge >= 0.3 is 6.03 Å². The smallest absolute Gasteiger partial charge is 0.323 e. The number of urea groups is 1. The Balaban J connectivity index is 1.47. The van der Waals surface area contributed by atoms with Gasteiger partial charge in [-0.3, -0.25) is 5.32 Å². The number of carbonyl (C=O) groups excluding carboxylic acids is 1. The predicted molar refractivity (Wildman–Crippen MR) is 97.2 cm³/mol. The van der Waals surface area contributed by atoms with Gasteiger partial charge in [-0.25, -0.2) is 4.79 Å². The van der Waals surface area contributed by atoms with Crippen LogP contribution in [0.2, 0.25) is 0 Å². The molecule has 1 saturated heterocycles. The van der Waals surface area contributed by atoms with Crippen LogP contribution in [0.15, 0.2) is 40.9 Å². The molecule has 2 unspecified atom stereocenters. The molecule has 1 aromatic carbocycles. The first-order valence-electron chi connectivity index (χ1n) is 8.93. The molecule has 5 nitrogen and oxygen atoms in total. The molecule has 2 atom stereocenters. The number of rotatable bonds is 2. The van der Waals surface area contributed by atoms with Gasteiger partial charge in [0.2, 0.25) is 0 Å². The van der Waals surface area contributed by atoms with Crippen LogP contribution in [0.25, 0.3) is 11.3 Å². The summed E-state index contributed by atoms with van der Waals surface area (Å²) in [6, 6.07) is 11.8. The first-order chi connectivity index (χ1) is 11.8. The van der Waals surface area contributed by atoms with Gasteiger partial charge in [0.15, 0.2) is 11.6 Å². The number of hydrogen-bond acceptors (Lipinski definition) is 3. The quantitative estimate of drug-likeness (QED) is 0.857. The molecule has 4 rings (SSSR count). The van der Waals surface area contributed by atoms with Gasteiger partial charge in [0.25, 0.3) is 0 Å². The number of likely N-dealkylation sites (tertiary alicyclic amines) is 1. The van der Waals surface area contributed by atoms with Crippen molar-refractivity contribution < 1.29 is 9.32 Å². The highest BCUT2D eigenvalue weighted by Crippen LogP contribution is 2.52. The average molecular weight is 339 g/mol. The monoisotopic (exact) mass is 339 g/mol. The predicted octanol–water partition coefficient (Wildman–Crippen LogP) is 4.77. The van der Waals surface area contributed by atoms with Gasteiger partial charge in [0.1, 0.15) is 0 Å². The number of nitrogens with zero attached hydrogens (tertiary/aromatic N) is 2. The molecular weight excluding hydrogens is 314 g/mol. The Morgan fingerprint density at radius 2 is 2.00 bits per heavy atom. The molecule has 2 amide bonds. The molecule has 1 saturated carbocycles. The maximum Gasteiger partial charge on any atom is 0.323 e. The zero-order valence-electron chi connectivity index (χ0n) is 15.1. The van der Waals surface area contributed by atoms with Gasteiger partial charge in [-0.2, -0.15) is 0 Å². The van der Waals surface area contributed by atoms with Gasteiger partial charge in [-0.05, 0) is 30.1 Å². The van der Waals surface area contributed by atoms with E-state index >= 15 is 0 Å². The number of benzene rings is 1. The number of amides is 2. The zero-order valence-corrected chi connectivity index (χ0v) is 15.1. The van der Waals surface area contributed by atoms with E-state index in [1.54, 1.807) is 6.07 Å². The fraction of sp³-hybridized carbons (Fsp3) is 0.500. The Labute approximate surface area is 148 Å². The van der Waals surface area contributed by atoms with E-state index in [0.717, 1.165) is 24.9 Å². The van der Waals surface area contributed by atoms with Crippen molar-refractivity contribution in [3.05, 3.63) is 36.4 Å². The first-order valence-corrected chi connectivity index (χ1v) is 8.93. The number of aromatic nitrogens is 1. The van der Waals surface area contributed by atoms with Crippen molar-refractivity contribution in [2.75, 3.05) is 11.9 Å². The second-order valence-corrected chi connectivity index (χ2v) is 8.71. The Morgan fingerprint density at radius 3 is 2.76 bits per heavy atom. The molecule has 2 fully saturated rings. The molecule has 2 heterocycles. The molecule has 1 aliphatic carbocycles. The van der Waals surface area contributed by atoms with Gasteiger partial charge < -0.3 is 9.42 Å². The molecule has 0 spiro atoms. The van der Waals surface area contributed by atoms with Crippen molar-refractivity contribution >= 4 is 11.8 Å². The van der Waals surface area contributed by atoms with Gasteiger partial charge in [-0.15, -0.1) is 0 Å². The summed E-state index contributed by atoms with van der Waals surface area (Å²) < 4.78 is 5.37. The van der Waals surface area contributed by atoms with Crippen molar-refractivity contribution in [2.45, 2.75) is 46.1 Å². The highest BCUT2D eigenvalue weighted by molar-refractivity contribution is 5.89. The van der Waals surface area contributed by atoms with Crippen LogP contribution < -0.4 is 5.32 Å². The lowest BCUT2D eigenvalue weighted by Crippen LogP contribution is -2.40. The van der Waals surface area contributed by atoms with Crippen molar-refractivity contribution in [3.63, 3.8) is 0 Å². The summed E-state index contributed by atoms with van der Waals surface area (Å²) in [6.45, 7) is 7.74. The fourth-order valence-electron chi connectivity index (χ4n) is 4.95. The van der Waals surface area contributed by atoms with E-state index in [1.807, 2.05) is 35.2 Å². The van der Waals surface area contributed by atoms with E-state index in [9.17, 15) is 4.79 Å². The number of hydrogen-bond donors (Lipinski definition) is 1. The maximum absolute atomic E-state index is 12.8. The van der Waals surface area contributed by atoms with Crippen molar-refractivity contribution in [1.82, 2.24) is 10.1 Å². The van der Waals surface area contributed by atoms with E-state index in [2.05, 4.69) is 31.2 Å². The molecule has 0 radical (unpaired) electrons. The topological polar surface area (TPSA) is 58.4 Å². The maximum atomic E-state index is 12.8. The lowest BCUT2D eigenvalue weighted by molar-refractivity contribution is 0.130. The van der Waals surface area contributed by atoms with Gasteiger partial charge in [0.05, 0.1) is 0 Å². The SMILES string of the molecule is CC1(C)CC2CC(C)(CN2C(=O)Nc2cc(-c3ccccc3)on2)C1. The second-order valence-electron chi connectivity index (χ2n) is 8.71.